The number of aromatic nitrogens is 2. The number of likely N-dealkylation sites (N-methyl/N-ethyl adjacent to an activating group) is 1. The van der Waals surface area contributed by atoms with Gasteiger partial charge in [0, 0.05) is 22.8 Å². The van der Waals surface area contributed by atoms with Gasteiger partial charge in [0.2, 0.25) is 0 Å². The lowest BCUT2D eigenvalue weighted by atomic mass is 10.2. The lowest BCUT2D eigenvalue weighted by Crippen LogP contribution is -2.39. The summed E-state index contributed by atoms with van der Waals surface area (Å²) >= 11 is 1.66. The highest BCUT2D eigenvalue weighted by Gasteiger charge is 2.22. The van der Waals surface area contributed by atoms with Crippen LogP contribution in [0.4, 0.5) is 0 Å². The second-order valence-electron chi connectivity index (χ2n) is 6.47. The second-order valence-corrected chi connectivity index (χ2v) is 7.85. The van der Waals surface area contributed by atoms with Crippen LogP contribution in [0, 0.1) is 6.92 Å². The maximum atomic E-state index is 13.1. The zero-order valence-electron chi connectivity index (χ0n) is 15.2. The molecule has 0 atom stereocenters. The highest BCUT2D eigenvalue weighted by atomic mass is 32.1. The van der Waals surface area contributed by atoms with E-state index in [4.69, 9.17) is 0 Å². The number of fused-ring (bicyclic) bond motifs is 1. The average molecular weight is 370 g/mol. The topological polar surface area (TPSA) is 69.3 Å². The van der Waals surface area contributed by atoms with E-state index in [1.54, 1.807) is 28.4 Å². The molecule has 3 rings (SSSR count). The third kappa shape index (κ3) is 4.17. The van der Waals surface area contributed by atoms with E-state index in [-0.39, 0.29) is 11.6 Å². The van der Waals surface area contributed by atoms with Gasteiger partial charge in [-0.2, -0.15) is 0 Å². The molecule has 26 heavy (non-hydrogen) atoms. The minimum atomic E-state index is -0.453. The first-order chi connectivity index (χ1) is 12.4. The Kier molecular flexibility index (Phi) is 5.49. The molecular formula is C19H22N4O2S. The number of benzene rings is 1. The largest absolute Gasteiger partial charge is 0.331 e. The number of amides is 1. The van der Waals surface area contributed by atoms with Crippen molar-refractivity contribution in [1.29, 1.82) is 0 Å². The van der Waals surface area contributed by atoms with Crippen molar-refractivity contribution in [1.82, 2.24) is 19.8 Å². The number of aryl methyl sites for hydroxylation is 1. The van der Waals surface area contributed by atoms with Gasteiger partial charge in [-0.25, -0.2) is 4.98 Å². The van der Waals surface area contributed by atoms with E-state index in [0.29, 0.717) is 30.7 Å². The molecule has 0 bridgehead atoms. The van der Waals surface area contributed by atoms with Crippen LogP contribution in [0.3, 0.4) is 0 Å². The predicted molar refractivity (Wildman–Crippen MR) is 105 cm³/mol. The summed E-state index contributed by atoms with van der Waals surface area (Å²) < 4.78 is 0. The smallest absolute Gasteiger partial charge is 0.280 e. The number of H-pyrrole nitrogens is 1. The minimum absolute atomic E-state index is 0.0595. The van der Waals surface area contributed by atoms with Crippen LogP contribution in [0.5, 0.6) is 0 Å². The molecule has 0 aliphatic heterocycles. The van der Waals surface area contributed by atoms with Gasteiger partial charge in [-0.3, -0.25) is 9.59 Å². The number of nitrogens with one attached hydrogen (secondary N) is 1. The lowest BCUT2D eigenvalue weighted by molar-refractivity contribution is 0.0726. The van der Waals surface area contributed by atoms with Gasteiger partial charge in [0.05, 0.1) is 17.6 Å². The molecule has 0 spiro atoms. The number of nitrogens with zero attached hydrogens (tertiary/aromatic N) is 3. The molecular weight excluding hydrogens is 348 g/mol. The number of aromatic amines is 1. The van der Waals surface area contributed by atoms with E-state index in [9.17, 15) is 9.59 Å². The van der Waals surface area contributed by atoms with Gasteiger partial charge in [-0.15, -0.1) is 11.3 Å². The maximum absolute atomic E-state index is 13.1. The van der Waals surface area contributed by atoms with Crippen LogP contribution < -0.4 is 5.56 Å². The zero-order chi connectivity index (χ0) is 18.7. The van der Waals surface area contributed by atoms with Gasteiger partial charge in [0.15, 0.2) is 5.69 Å². The summed E-state index contributed by atoms with van der Waals surface area (Å²) in [6.45, 7) is 3.74. The van der Waals surface area contributed by atoms with Crippen LogP contribution in [0.2, 0.25) is 0 Å². The Labute approximate surface area is 156 Å². The highest BCUT2D eigenvalue weighted by molar-refractivity contribution is 7.11. The van der Waals surface area contributed by atoms with Crippen LogP contribution in [-0.2, 0) is 6.54 Å². The number of hydrogen-bond donors (Lipinski definition) is 1. The van der Waals surface area contributed by atoms with Crippen molar-refractivity contribution in [2.75, 3.05) is 27.2 Å². The van der Waals surface area contributed by atoms with Crippen molar-refractivity contribution in [3.63, 3.8) is 0 Å². The summed E-state index contributed by atoms with van der Waals surface area (Å²) in [6, 6.07) is 11.3. The number of carbonyl (C=O) groups excluding carboxylic acids is 1. The van der Waals surface area contributed by atoms with E-state index in [1.807, 2.05) is 50.2 Å². The summed E-state index contributed by atoms with van der Waals surface area (Å²) in [6.07, 6.45) is 0. The van der Waals surface area contributed by atoms with E-state index >= 15 is 0 Å². The molecule has 1 amide bonds. The van der Waals surface area contributed by atoms with Crippen LogP contribution >= 0.6 is 11.3 Å². The van der Waals surface area contributed by atoms with E-state index in [1.165, 1.54) is 4.88 Å². The third-order valence-corrected chi connectivity index (χ3v) is 5.03. The number of thiophene rings is 1. The summed E-state index contributed by atoms with van der Waals surface area (Å²) in [4.78, 5) is 38.5. The zero-order valence-corrected chi connectivity index (χ0v) is 16.0. The Hall–Kier alpha value is -2.51. The molecule has 6 nitrogen and oxygen atoms in total. The van der Waals surface area contributed by atoms with Crippen molar-refractivity contribution >= 4 is 28.3 Å². The molecule has 1 N–H and O–H groups in total. The van der Waals surface area contributed by atoms with Gasteiger partial charge >= 0.3 is 0 Å². The summed E-state index contributed by atoms with van der Waals surface area (Å²) in [7, 11) is 3.91. The number of rotatable bonds is 6. The molecule has 2 aromatic heterocycles. The molecule has 0 saturated carbocycles. The molecule has 0 aliphatic carbocycles. The number of carbonyl (C=O) groups is 1. The molecule has 0 aliphatic rings. The van der Waals surface area contributed by atoms with Gasteiger partial charge in [0.1, 0.15) is 0 Å². The van der Waals surface area contributed by atoms with Crippen molar-refractivity contribution in [3.05, 3.63) is 62.2 Å². The molecule has 1 aromatic carbocycles. The Morgan fingerprint density at radius 1 is 1.15 bits per heavy atom. The highest BCUT2D eigenvalue weighted by Crippen LogP contribution is 2.18. The molecule has 7 heteroatoms. The lowest BCUT2D eigenvalue weighted by Gasteiger charge is -2.23. The summed E-state index contributed by atoms with van der Waals surface area (Å²) in [5, 5.41) is 0. The predicted octanol–water partition coefficient (Wildman–Crippen LogP) is 2.50. The summed E-state index contributed by atoms with van der Waals surface area (Å²) in [5.74, 6) is -0.343. The van der Waals surface area contributed by atoms with Gasteiger partial charge in [-0.1, -0.05) is 12.1 Å². The van der Waals surface area contributed by atoms with Crippen LogP contribution in [-0.4, -0.2) is 52.9 Å². The van der Waals surface area contributed by atoms with E-state index < -0.39 is 5.56 Å². The van der Waals surface area contributed by atoms with Crippen molar-refractivity contribution in [2.45, 2.75) is 13.5 Å². The Balaban J connectivity index is 1.93. The quantitative estimate of drug-likeness (QED) is 0.724. The first-order valence-electron chi connectivity index (χ1n) is 8.42. The van der Waals surface area contributed by atoms with Crippen molar-refractivity contribution in [2.24, 2.45) is 0 Å². The number of hydrogen-bond acceptors (Lipinski definition) is 5. The second kappa shape index (κ2) is 7.80. The van der Waals surface area contributed by atoms with Crippen LogP contribution in [0.1, 0.15) is 20.2 Å². The molecule has 2 heterocycles. The molecule has 136 valence electrons. The average Bonchev–Trinajstić information content (AvgIpc) is 3.02. The molecule has 3 aromatic rings. The Morgan fingerprint density at radius 2 is 1.92 bits per heavy atom. The standard InChI is InChI=1S/C19H22N4O2S/c1-13-8-9-14(26-13)12-23(11-10-22(2)3)19(25)17-18(24)21-16-7-5-4-6-15(16)20-17/h4-9H,10-12H2,1-3H3,(H,21,24). The normalized spacial score (nSPS) is 11.2. The van der Waals surface area contributed by atoms with Gasteiger partial charge < -0.3 is 14.8 Å². The third-order valence-electron chi connectivity index (χ3n) is 4.05. The SMILES string of the molecule is Cc1ccc(CN(CCN(C)C)C(=O)c2nc3ccccc3[nH]c2=O)s1. The Morgan fingerprint density at radius 3 is 2.62 bits per heavy atom. The molecule has 0 fully saturated rings. The van der Waals surface area contributed by atoms with Crippen molar-refractivity contribution < 1.29 is 4.79 Å². The maximum Gasteiger partial charge on any atom is 0.280 e. The Bertz CT molecular complexity index is 977. The molecule has 0 radical (unpaired) electrons. The first kappa shape index (κ1) is 18.3. The summed E-state index contributed by atoms with van der Waals surface area (Å²) in [5.41, 5.74) is 0.722. The van der Waals surface area contributed by atoms with Crippen LogP contribution in [0.25, 0.3) is 11.0 Å². The monoisotopic (exact) mass is 370 g/mol. The first-order valence-corrected chi connectivity index (χ1v) is 9.24. The molecule has 0 saturated heterocycles. The fourth-order valence-electron chi connectivity index (χ4n) is 2.66. The van der Waals surface area contributed by atoms with Crippen molar-refractivity contribution in [3.8, 4) is 0 Å². The van der Waals surface area contributed by atoms with Gasteiger partial charge in [0.25, 0.3) is 11.5 Å². The fraction of sp³-hybridized carbons (Fsp3) is 0.316. The number of para-hydroxylation sites is 2. The van der Waals surface area contributed by atoms with E-state index in [0.717, 1.165) is 4.88 Å². The fourth-order valence-corrected chi connectivity index (χ4v) is 3.56. The van der Waals surface area contributed by atoms with E-state index in [2.05, 4.69) is 9.97 Å². The van der Waals surface area contributed by atoms with Gasteiger partial charge in [-0.05, 0) is 45.3 Å². The minimum Gasteiger partial charge on any atom is -0.331 e. The molecule has 0 unspecified atom stereocenters. The van der Waals surface area contributed by atoms with Crippen LogP contribution in [0.15, 0.2) is 41.2 Å².